The molecular weight excluding hydrogens is 567 g/mol. The third kappa shape index (κ3) is 6.72. The Morgan fingerprint density at radius 2 is 1.88 bits per heavy atom. The minimum Gasteiger partial charge on any atom is -0.490 e. The summed E-state index contributed by atoms with van der Waals surface area (Å²) in [6, 6.07) is 13.3. The van der Waals surface area contributed by atoms with Gasteiger partial charge in [-0.1, -0.05) is 0 Å². The fraction of sp³-hybridized carbons (Fsp3) is 0.375. The number of aromatic nitrogens is 3. The van der Waals surface area contributed by atoms with Crippen LogP contribution in [-0.4, -0.2) is 57.0 Å². The van der Waals surface area contributed by atoms with E-state index in [2.05, 4.69) is 27.3 Å². The van der Waals surface area contributed by atoms with Crippen LogP contribution < -0.4 is 15.0 Å². The maximum absolute atomic E-state index is 13.6. The molecule has 224 valence electrons. The smallest absolute Gasteiger partial charge is 0.274 e. The Morgan fingerprint density at radius 1 is 1.09 bits per heavy atom. The number of pyridine rings is 1. The Labute approximate surface area is 254 Å². The van der Waals surface area contributed by atoms with E-state index in [0.717, 1.165) is 73.6 Å². The molecule has 2 aliphatic rings. The van der Waals surface area contributed by atoms with Crippen molar-refractivity contribution < 1.29 is 18.7 Å². The number of benzene rings is 1. The second kappa shape index (κ2) is 12.5. The van der Waals surface area contributed by atoms with Gasteiger partial charge >= 0.3 is 0 Å². The summed E-state index contributed by atoms with van der Waals surface area (Å²) in [5, 5.41) is 5.54. The predicted molar refractivity (Wildman–Crippen MR) is 164 cm³/mol. The van der Waals surface area contributed by atoms with Crippen LogP contribution in [0.1, 0.15) is 66.0 Å². The van der Waals surface area contributed by atoms with Crippen molar-refractivity contribution >= 4 is 34.0 Å². The van der Waals surface area contributed by atoms with Crippen molar-refractivity contribution in [2.24, 2.45) is 0 Å². The van der Waals surface area contributed by atoms with Crippen molar-refractivity contribution in [3.63, 3.8) is 0 Å². The third-order valence-electron chi connectivity index (χ3n) is 8.10. The van der Waals surface area contributed by atoms with Crippen LogP contribution in [0.5, 0.6) is 5.75 Å². The van der Waals surface area contributed by atoms with Crippen LogP contribution in [-0.2, 0) is 11.3 Å². The number of halogens is 1. The first kappa shape index (κ1) is 28.9. The van der Waals surface area contributed by atoms with E-state index >= 15 is 0 Å². The predicted octanol–water partition coefficient (Wildman–Crippen LogP) is 5.82. The molecule has 11 heteroatoms. The van der Waals surface area contributed by atoms with Gasteiger partial charge in [0.2, 0.25) is 11.9 Å². The summed E-state index contributed by atoms with van der Waals surface area (Å²) in [6.07, 6.45) is 7.14. The molecule has 2 saturated heterocycles. The number of likely N-dealkylation sites (tertiary alicyclic amines) is 1. The Bertz CT molecular complexity index is 1590. The lowest BCUT2D eigenvalue weighted by Crippen LogP contribution is -2.40. The Hall–Kier alpha value is -4.25. The number of nitrogens with zero attached hydrogens (tertiary/aromatic N) is 5. The van der Waals surface area contributed by atoms with Crippen LogP contribution in [0.3, 0.4) is 0 Å². The second-order valence-electron chi connectivity index (χ2n) is 11.2. The summed E-state index contributed by atoms with van der Waals surface area (Å²) in [6.45, 7) is 6.31. The summed E-state index contributed by atoms with van der Waals surface area (Å²) < 4.78 is 21.6. The van der Waals surface area contributed by atoms with Crippen LogP contribution in [0, 0.1) is 12.9 Å². The summed E-state index contributed by atoms with van der Waals surface area (Å²) >= 11 is 1.42. The zero-order valence-corrected chi connectivity index (χ0v) is 25.1. The molecule has 0 radical (unpaired) electrons. The summed E-state index contributed by atoms with van der Waals surface area (Å²) in [7, 11) is 0. The van der Waals surface area contributed by atoms with Gasteiger partial charge in [-0.2, -0.15) is 4.39 Å². The molecule has 9 nitrogen and oxygen atoms in total. The molecular formula is C32H35FN6O3S. The van der Waals surface area contributed by atoms with E-state index in [9.17, 15) is 14.0 Å². The Morgan fingerprint density at radius 3 is 2.63 bits per heavy atom. The van der Waals surface area contributed by atoms with E-state index in [0.29, 0.717) is 17.4 Å². The highest BCUT2D eigenvalue weighted by Gasteiger charge is 2.29. The number of rotatable bonds is 8. The van der Waals surface area contributed by atoms with Gasteiger partial charge in [-0.05, 0) is 73.4 Å². The van der Waals surface area contributed by atoms with Gasteiger partial charge in [0.25, 0.3) is 5.91 Å². The second-order valence-corrected chi connectivity index (χ2v) is 12.1. The topological polar surface area (TPSA) is 92.6 Å². The van der Waals surface area contributed by atoms with Crippen molar-refractivity contribution in [2.75, 3.05) is 29.9 Å². The van der Waals surface area contributed by atoms with Gasteiger partial charge in [0.1, 0.15) is 17.5 Å². The quantitative estimate of drug-likeness (QED) is 0.256. The molecule has 5 heterocycles. The third-order valence-corrected chi connectivity index (χ3v) is 8.88. The lowest BCUT2D eigenvalue weighted by Gasteiger charge is -2.31. The lowest BCUT2D eigenvalue weighted by atomic mass is 10.1. The van der Waals surface area contributed by atoms with Crippen LogP contribution >= 0.6 is 11.3 Å². The number of ether oxygens (including phenoxy) is 1. The average molecular weight is 603 g/mol. The van der Waals surface area contributed by atoms with E-state index in [1.54, 1.807) is 13.0 Å². The Balaban J connectivity index is 1.08. The van der Waals surface area contributed by atoms with Gasteiger partial charge in [-0.25, -0.2) is 9.97 Å². The SMILES string of the molecule is CC(=O)N1CCC(Oc2ccc(N3CCC[C@@H]3c3csc(NC(=O)c4cc(C)cn4Cc4ccnc(F)c4)n3)cc2)CC1. The number of anilines is 2. The van der Waals surface area contributed by atoms with E-state index in [4.69, 9.17) is 9.72 Å². The Kier molecular flexibility index (Phi) is 8.42. The summed E-state index contributed by atoms with van der Waals surface area (Å²) in [5.74, 6) is 0.164. The molecule has 2 fully saturated rings. The number of hydrogen-bond donors (Lipinski definition) is 1. The van der Waals surface area contributed by atoms with Crippen LogP contribution in [0.4, 0.5) is 15.2 Å². The molecule has 1 atom stereocenters. The highest BCUT2D eigenvalue weighted by atomic mass is 32.1. The molecule has 0 aliphatic carbocycles. The van der Waals surface area contributed by atoms with Gasteiger partial charge in [-0.3, -0.25) is 14.9 Å². The highest BCUT2D eigenvalue weighted by Crippen LogP contribution is 2.38. The minimum absolute atomic E-state index is 0.120. The number of amides is 2. The van der Waals surface area contributed by atoms with Crippen molar-refractivity contribution in [1.82, 2.24) is 19.4 Å². The van der Waals surface area contributed by atoms with E-state index in [1.807, 2.05) is 46.2 Å². The molecule has 0 unspecified atom stereocenters. The fourth-order valence-electron chi connectivity index (χ4n) is 5.95. The first-order valence-electron chi connectivity index (χ1n) is 14.7. The van der Waals surface area contributed by atoms with Crippen LogP contribution in [0.15, 0.2) is 60.2 Å². The molecule has 3 aromatic heterocycles. The molecule has 0 spiro atoms. The number of nitrogens with one attached hydrogen (secondary N) is 1. The largest absolute Gasteiger partial charge is 0.490 e. The van der Waals surface area contributed by atoms with E-state index in [1.165, 1.54) is 23.6 Å². The summed E-state index contributed by atoms with van der Waals surface area (Å²) in [5.41, 5.74) is 4.20. The molecule has 4 aromatic rings. The highest BCUT2D eigenvalue weighted by molar-refractivity contribution is 7.14. The first-order valence-corrected chi connectivity index (χ1v) is 15.5. The van der Waals surface area contributed by atoms with Gasteiger partial charge < -0.3 is 19.1 Å². The van der Waals surface area contributed by atoms with Crippen molar-refractivity contribution in [2.45, 2.75) is 58.2 Å². The molecule has 43 heavy (non-hydrogen) atoms. The molecule has 2 aliphatic heterocycles. The molecule has 1 N–H and O–H groups in total. The van der Waals surface area contributed by atoms with Crippen LogP contribution in [0.2, 0.25) is 0 Å². The average Bonchev–Trinajstić information content (AvgIpc) is 3.74. The number of thiazole rings is 1. The fourth-order valence-corrected chi connectivity index (χ4v) is 6.71. The first-order chi connectivity index (χ1) is 20.8. The minimum atomic E-state index is -0.546. The van der Waals surface area contributed by atoms with Gasteiger partial charge in [0, 0.05) is 69.4 Å². The van der Waals surface area contributed by atoms with Crippen molar-refractivity contribution in [3.05, 3.63) is 88.7 Å². The molecule has 0 bridgehead atoms. The standard InChI is InChI=1S/C32H35FN6O3S/c1-21-16-29(38(18-21)19-23-9-12-34-30(33)17-23)31(41)36-32-35-27(20-43-32)28-4-3-13-39(28)24-5-7-25(8-6-24)42-26-10-14-37(15-11-26)22(2)40/h5-9,12,16-18,20,26,28H,3-4,10-11,13-15,19H2,1-2H3,(H,35,36,41)/t28-/m1/s1. The maximum atomic E-state index is 13.6. The van der Waals surface area contributed by atoms with Crippen molar-refractivity contribution in [3.8, 4) is 5.75 Å². The lowest BCUT2D eigenvalue weighted by molar-refractivity contribution is -0.130. The number of hydrogen-bond acceptors (Lipinski definition) is 7. The number of carbonyl (C=O) groups excluding carboxylic acids is 2. The zero-order chi connectivity index (χ0) is 29.9. The van der Waals surface area contributed by atoms with E-state index < -0.39 is 5.95 Å². The summed E-state index contributed by atoms with van der Waals surface area (Å²) in [4.78, 5) is 37.5. The van der Waals surface area contributed by atoms with Crippen LogP contribution in [0.25, 0.3) is 0 Å². The maximum Gasteiger partial charge on any atom is 0.274 e. The molecule has 1 aromatic carbocycles. The van der Waals surface area contributed by atoms with Gasteiger partial charge in [0.05, 0.1) is 11.7 Å². The van der Waals surface area contributed by atoms with Gasteiger partial charge in [0.15, 0.2) is 5.13 Å². The van der Waals surface area contributed by atoms with Gasteiger partial charge in [-0.15, -0.1) is 11.3 Å². The number of aryl methyl sites for hydroxylation is 1. The molecule has 0 saturated carbocycles. The zero-order valence-electron chi connectivity index (χ0n) is 24.3. The monoisotopic (exact) mass is 602 g/mol. The molecule has 2 amide bonds. The number of carbonyl (C=O) groups is 2. The normalized spacial score (nSPS) is 17.3. The number of piperidine rings is 1. The van der Waals surface area contributed by atoms with E-state index in [-0.39, 0.29) is 24.0 Å². The molecule has 6 rings (SSSR count). The van der Waals surface area contributed by atoms with Crippen molar-refractivity contribution in [1.29, 1.82) is 0 Å².